The third kappa shape index (κ3) is 3.62. The van der Waals surface area contributed by atoms with Crippen LogP contribution in [0.3, 0.4) is 0 Å². The van der Waals surface area contributed by atoms with Crippen LogP contribution in [0, 0.1) is 0 Å². The topological polar surface area (TPSA) is 47.5 Å². The number of aromatic nitrogens is 2. The lowest BCUT2D eigenvalue weighted by Crippen LogP contribution is -2.26. The van der Waals surface area contributed by atoms with Crippen molar-refractivity contribution in [3.05, 3.63) is 71.8 Å². The summed E-state index contributed by atoms with van der Waals surface area (Å²) in [6.45, 7) is 2.02. The zero-order valence-corrected chi connectivity index (χ0v) is 18.1. The summed E-state index contributed by atoms with van der Waals surface area (Å²) < 4.78 is 10.6. The van der Waals surface area contributed by atoms with Crippen LogP contribution in [0.5, 0.6) is 11.5 Å². The first-order valence-electron chi connectivity index (χ1n) is 10.5. The van der Waals surface area contributed by atoms with Gasteiger partial charge in [0.05, 0.1) is 14.2 Å². The predicted molar refractivity (Wildman–Crippen MR) is 124 cm³/mol. The van der Waals surface area contributed by atoms with Gasteiger partial charge in [-0.15, -0.1) is 10.2 Å². The second-order valence-electron chi connectivity index (χ2n) is 8.01. The Balaban J connectivity index is 1.73. The van der Waals surface area contributed by atoms with Crippen LogP contribution in [0.4, 0.5) is 0 Å². The van der Waals surface area contributed by atoms with Crippen molar-refractivity contribution in [2.24, 2.45) is 0 Å². The fourth-order valence-electron chi connectivity index (χ4n) is 4.27. The van der Waals surface area contributed by atoms with Gasteiger partial charge in [-0.25, -0.2) is 0 Å². The highest BCUT2D eigenvalue weighted by atomic mass is 16.5. The number of hydrogen-bond donors (Lipinski definition) is 0. The Morgan fingerprint density at radius 2 is 1.19 bits per heavy atom. The minimum Gasteiger partial charge on any atom is -0.497 e. The maximum Gasteiger partial charge on any atom is 0.118 e. The molecule has 31 heavy (non-hydrogen) atoms. The molecule has 0 bridgehead atoms. The Kier molecular flexibility index (Phi) is 5.04. The van der Waals surface area contributed by atoms with Gasteiger partial charge in [0, 0.05) is 35.0 Å². The molecule has 1 aromatic heterocycles. The minimum atomic E-state index is 0.829. The SMILES string of the molecule is COc1ccc(-c2nnc(-c3ccc(OC)cc3)c3cc4c(cc23)CCN(C)C4)cc1. The first-order valence-corrected chi connectivity index (χ1v) is 10.5. The van der Waals surface area contributed by atoms with Crippen LogP contribution in [0.2, 0.25) is 0 Å². The number of nitrogens with zero attached hydrogens (tertiary/aromatic N) is 3. The van der Waals surface area contributed by atoms with Gasteiger partial charge in [0.2, 0.25) is 0 Å². The van der Waals surface area contributed by atoms with Crippen molar-refractivity contribution in [2.45, 2.75) is 13.0 Å². The van der Waals surface area contributed by atoms with E-state index in [0.717, 1.165) is 64.3 Å². The molecule has 1 aliphatic heterocycles. The molecule has 0 radical (unpaired) electrons. The van der Waals surface area contributed by atoms with Crippen LogP contribution in [0.25, 0.3) is 33.3 Å². The molecule has 0 saturated heterocycles. The molecular formula is C26H25N3O2. The Bertz CT molecular complexity index is 1230. The van der Waals surface area contributed by atoms with Gasteiger partial charge in [-0.2, -0.15) is 0 Å². The molecule has 0 unspecified atom stereocenters. The number of fused-ring (bicyclic) bond motifs is 2. The van der Waals surface area contributed by atoms with E-state index in [9.17, 15) is 0 Å². The lowest BCUT2D eigenvalue weighted by atomic mass is 9.92. The molecule has 0 amide bonds. The summed E-state index contributed by atoms with van der Waals surface area (Å²) in [5.74, 6) is 1.66. The van der Waals surface area contributed by atoms with E-state index in [2.05, 4.69) is 34.3 Å². The Labute approximate surface area is 182 Å². The molecule has 2 heterocycles. The van der Waals surface area contributed by atoms with E-state index in [1.807, 2.05) is 48.5 Å². The first-order chi connectivity index (χ1) is 15.2. The zero-order chi connectivity index (χ0) is 21.4. The van der Waals surface area contributed by atoms with Gasteiger partial charge < -0.3 is 14.4 Å². The highest BCUT2D eigenvalue weighted by Crippen LogP contribution is 2.36. The minimum absolute atomic E-state index is 0.829. The lowest BCUT2D eigenvalue weighted by molar-refractivity contribution is 0.313. The van der Waals surface area contributed by atoms with Gasteiger partial charge in [-0.05, 0) is 85.3 Å². The van der Waals surface area contributed by atoms with Crippen LogP contribution in [0.1, 0.15) is 11.1 Å². The Morgan fingerprint density at radius 3 is 1.68 bits per heavy atom. The molecule has 0 aliphatic carbocycles. The summed E-state index contributed by atoms with van der Waals surface area (Å²) >= 11 is 0. The predicted octanol–water partition coefficient (Wildman–Crippen LogP) is 4.97. The Hall–Kier alpha value is -3.44. The van der Waals surface area contributed by atoms with Crippen molar-refractivity contribution in [3.8, 4) is 34.0 Å². The van der Waals surface area contributed by atoms with Crippen molar-refractivity contribution in [1.82, 2.24) is 15.1 Å². The van der Waals surface area contributed by atoms with Gasteiger partial charge in [0.1, 0.15) is 22.9 Å². The molecule has 3 aromatic carbocycles. The summed E-state index contributed by atoms with van der Waals surface area (Å²) in [4.78, 5) is 2.36. The fourth-order valence-corrected chi connectivity index (χ4v) is 4.27. The fraction of sp³-hybridized carbons (Fsp3) is 0.231. The van der Waals surface area contributed by atoms with Gasteiger partial charge in [0.25, 0.3) is 0 Å². The van der Waals surface area contributed by atoms with Crippen LogP contribution >= 0.6 is 0 Å². The van der Waals surface area contributed by atoms with Crippen LogP contribution in [-0.4, -0.2) is 42.9 Å². The third-order valence-corrected chi connectivity index (χ3v) is 6.03. The molecule has 5 heteroatoms. The molecule has 5 nitrogen and oxygen atoms in total. The van der Waals surface area contributed by atoms with E-state index in [-0.39, 0.29) is 0 Å². The molecule has 1 aliphatic rings. The molecule has 0 spiro atoms. The second kappa shape index (κ2) is 8.00. The maximum atomic E-state index is 5.32. The first kappa shape index (κ1) is 19.5. The number of ether oxygens (including phenoxy) is 2. The van der Waals surface area contributed by atoms with E-state index in [1.165, 1.54) is 11.1 Å². The van der Waals surface area contributed by atoms with E-state index in [0.29, 0.717) is 0 Å². The van der Waals surface area contributed by atoms with Gasteiger partial charge in [-0.3, -0.25) is 0 Å². The number of methoxy groups -OCH3 is 2. The van der Waals surface area contributed by atoms with Crippen LogP contribution in [0.15, 0.2) is 60.7 Å². The van der Waals surface area contributed by atoms with E-state index >= 15 is 0 Å². The summed E-state index contributed by atoms with van der Waals surface area (Å²) in [5.41, 5.74) is 6.62. The van der Waals surface area contributed by atoms with E-state index in [1.54, 1.807) is 14.2 Å². The molecule has 0 atom stereocenters. The molecular weight excluding hydrogens is 386 g/mol. The summed E-state index contributed by atoms with van der Waals surface area (Å²) in [5, 5.41) is 11.6. The summed E-state index contributed by atoms with van der Waals surface area (Å²) in [6.07, 6.45) is 1.05. The zero-order valence-electron chi connectivity index (χ0n) is 18.1. The summed E-state index contributed by atoms with van der Waals surface area (Å²) in [6, 6.07) is 20.7. The van der Waals surface area contributed by atoms with Gasteiger partial charge in [0.15, 0.2) is 0 Å². The lowest BCUT2D eigenvalue weighted by Gasteiger charge is -2.26. The normalized spacial score (nSPS) is 13.8. The van der Waals surface area contributed by atoms with E-state index < -0.39 is 0 Å². The van der Waals surface area contributed by atoms with Gasteiger partial charge in [-0.1, -0.05) is 0 Å². The largest absolute Gasteiger partial charge is 0.497 e. The monoisotopic (exact) mass is 411 g/mol. The van der Waals surface area contributed by atoms with Crippen molar-refractivity contribution in [3.63, 3.8) is 0 Å². The van der Waals surface area contributed by atoms with Gasteiger partial charge >= 0.3 is 0 Å². The highest BCUT2D eigenvalue weighted by Gasteiger charge is 2.19. The van der Waals surface area contributed by atoms with E-state index in [4.69, 9.17) is 9.47 Å². The number of hydrogen-bond acceptors (Lipinski definition) is 5. The van der Waals surface area contributed by atoms with Crippen molar-refractivity contribution in [2.75, 3.05) is 27.8 Å². The summed E-state index contributed by atoms with van der Waals surface area (Å²) in [7, 11) is 5.53. The quantitative estimate of drug-likeness (QED) is 0.475. The third-order valence-electron chi connectivity index (χ3n) is 6.03. The molecule has 0 fully saturated rings. The highest BCUT2D eigenvalue weighted by molar-refractivity contribution is 6.02. The molecule has 156 valence electrons. The number of benzene rings is 3. The molecule has 0 saturated carbocycles. The van der Waals surface area contributed by atoms with Crippen molar-refractivity contribution >= 4 is 10.8 Å². The molecule has 4 aromatic rings. The van der Waals surface area contributed by atoms with Crippen molar-refractivity contribution < 1.29 is 9.47 Å². The average molecular weight is 412 g/mol. The maximum absolute atomic E-state index is 5.32. The average Bonchev–Trinajstić information content (AvgIpc) is 2.82. The Morgan fingerprint density at radius 1 is 0.710 bits per heavy atom. The van der Waals surface area contributed by atoms with Crippen LogP contribution in [-0.2, 0) is 13.0 Å². The standard InChI is InChI=1S/C26H25N3O2/c1-29-13-12-19-14-23-24(15-20(19)16-29)26(18-6-10-22(31-3)11-7-18)28-27-25(23)17-4-8-21(30-2)9-5-17/h4-11,14-15H,12-13,16H2,1-3H3. The molecule has 5 rings (SSSR count). The van der Waals surface area contributed by atoms with Crippen LogP contribution < -0.4 is 9.47 Å². The second-order valence-corrected chi connectivity index (χ2v) is 8.01. The number of likely N-dealkylation sites (N-methyl/N-ethyl adjacent to an activating group) is 1. The van der Waals surface area contributed by atoms with Crippen molar-refractivity contribution in [1.29, 1.82) is 0 Å². The smallest absolute Gasteiger partial charge is 0.118 e. The molecule has 0 N–H and O–H groups in total. The number of rotatable bonds is 4.